The van der Waals surface area contributed by atoms with Crippen molar-refractivity contribution in [1.29, 1.82) is 0 Å². The smallest absolute Gasteiger partial charge is 0.272 e. The van der Waals surface area contributed by atoms with E-state index in [-0.39, 0.29) is 35.2 Å². The van der Waals surface area contributed by atoms with Gasteiger partial charge in [0.05, 0.1) is 5.69 Å². The van der Waals surface area contributed by atoms with Crippen LogP contribution in [-0.2, 0) is 24.2 Å². The number of aromatic nitrogens is 1. The van der Waals surface area contributed by atoms with Crippen molar-refractivity contribution in [2.75, 3.05) is 17.2 Å². The number of carbonyl (C=O) groups is 3. The molecule has 0 aliphatic heterocycles. The zero-order valence-corrected chi connectivity index (χ0v) is 19.2. The number of benzene rings is 2. The van der Waals surface area contributed by atoms with Crippen LogP contribution in [0.3, 0.4) is 0 Å². The standard InChI is InChI=1S/C24H24FN5O3S/c25-16-10-8-14(9-11-16)12-28-19(31)13-30(18-7-3-5-15-4-1-2-6-17(15)18)24(33)22-20(26)21(23(27)32)29-34-22/h3,5,7-11H,1-2,4,6,12-13,26H2,(H2,27,32)(H,28,31). The number of hydrogen-bond donors (Lipinski definition) is 3. The molecule has 1 aliphatic carbocycles. The molecule has 1 aromatic heterocycles. The number of hydrogen-bond acceptors (Lipinski definition) is 6. The maximum atomic E-state index is 13.6. The van der Waals surface area contributed by atoms with E-state index in [1.807, 2.05) is 18.2 Å². The van der Waals surface area contributed by atoms with Gasteiger partial charge in [-0.3, -0.25) is 19.3 Å². The average molecular weight is 482 g/mol. The zero-order chi connectivity index (χ0) is 24.2. The SMILES string of the molecule is NC(=O)c1nsc(C(=O)N(CC(=O)NCc2ccc(F)cc2)c2cccc3c2CCCC3)c1N. The highest BCUT2D eigenvalue weighted by Crippen LogP contribution is 2.33. The Balaban J connectivity index is 1.63. The Morgan fingerprint density at radius 3 is 2.53 bits per heavy atom. The van der Waals surface area contributed by atoms with E-state index in [9.17, 15) is 18.8 Å². The summed E-state index contributed by atoms with van der Waals surface area (Å²) in [6.45, 7) is -0.0811. The summed E-state index contributed by atoms with van der Waals surface area (Å²) in [5, 5.41) is 2.77. The summed E-state index contributed by atoms with van der Waals surface area (Å²) in [7, 11) is 0. The van der Waals surface area contributed by atoms with Gasteiger partial charge in [-0.05, 0) is 72.1 Å². The first-order valence-electron chi connectivity index (χ1n) is 10.8. The summed E-state index contributed by atoms with van der Waals surface area (Å²) < 4.78 is 17.1. The van der Waals surface area contributed by atoms with E-state index in [1.54, 1.807) is 12.1 Å². The molecule has 176 valence electrons. The first-order valence-corrected chi connectivity index (χ1v) is 11.6. The minimum absolute atomic E-state index is 0.0496. The van der Waals surface area contributed by atoms with Crippen molar-refractivity contribution in [1.82, 2.24) is 9.69 Å². The van der Waals surface area contributed by atoms with Crippen LogP contribution in [0.4, 0.5) is 15.8 Å². The lowest BCUT2D eigenvalue weighted by molar-refractivity contribution is -0.119. The maximum absolute atomic E-state index is 13.6. The molecule has 3 aromatic rings. The van der Waals surface area contributed by atoms with E-state index in [0.717, 1.165) is 53.9 Å². The second kappa shape index (κ2) is 10.0. The summed E-state index contributed by atoms with van der Waals surface area (Å²) >= 11 is 0.777. The van der Waals surface area contributed by atoms with Gasteiger partial charge < -0.3 is 16.8 Å². The van der Waals surface area contributed by atoms with Crippen LogP contribution in [-0.4, -0.2) is 28.6 Å². The van der Waals surface area contributed by atoms with Gasteiger partial charge in [-0.2, -0.15) is 4.37 Å². The van der Waals surface area contributed by atoms with Gasteiger partial charge in [-0.15, -0.1) is 0 Å². The van der Waals surface area contributed by atoms with Gasteiger partial charge in [0, 0.05) is 12.2 Å². The van der Waals surface area contributed by atoms with Crippen LogP contribution in [0.2, 0.25) is 0 Å². The minimum atomic E-state index is -0.825. The van der Waals surface area contributed by atoms with Crippen LogP contribution < -0.4 is 21.7 Å². The Morgan fingerprint density at radius 1 is 1.09 bits per heavy atom. The molecule has 0 bridgehead atoms. The van der Waals surface area contributed by atoms with E-state index in [0.29, 0.717) is 5.69 Å². The second-order valence-corrected chi connectivity index (χ2v) is 8.83. The number of fused-ring (bicyclic) bond motifs is 1. The zero-order valence-electron chi connectivity index (χ0n) is 18.3. The summed E-state index contributed by atoms with van der Waals surface area (Å²) in [5.41, 5.74) is 14.6. The largest absolute Gasteiger partial charge is 0.395 e. The highest BCUT2D eigenvalue weighted by molar-refractivity contribution is 7.09. The van der Waals surface area contributed by atoms with Gasteiger partial charge in [-0.1, -0.05) is 24.3 Å². The molecule has 2 aromatic carbocycles. The third-order valence-corrected chi connectivity index (χ3v) is 6.62. The highest BCUT2D eigenvalue weighted by atomic mass is 32.1. The van der Waals surface area contributed by atoms with Crippen molar-refractivity contribution >= 4 is 40.6 Å². The number of nitrogen functional groups attached to an aromatic ring is 1. The predicted octanol–water partition coefficient (Wildman–Crippen LogP) is 2.81. The van der Waals surface area contributed by atoms with E-state index in [1.165, 1.54) is 17.0 Å². The number of halogens is 1. The fraction of sp³-hybridized carbons (Fsp3) is 0.250. The molecule has 8 nitrogen and oxygen atoms in total. The number of aryl methyl sites for hydroxylation is 1. The Hall–Kier alpha value is -3.79. The molecule has 0 fully saturated rings. The van der Waals surface area contributed by atoms with E-state index in [4.69, 9.17) is 11.5 Å². The summed E-state index contributed by atoms with van der Waals surface area (Å²) in [4.78, 5) is 39.5. The van der Waals surface area contributed by atoms with Crippen molar-refractivity contribution < 1.29 is 18.8 Å². The number of rotatable bonds is 7. The van der Waals surface area contributed by atoms with E-state index >= 15 is 0 Å². The van der Waals surface area contributed by atoms with Gasteiger partial charge in [0.1, 0.15) is 17.2 Å². The molecular weight excluding hydrogens is 457 g/mol. The van der Waals surface area contributed by atoms with Crippen molar-refractivity contribution in [2.24, 2.45) is 5.73 Å². The molecular formula is C24H24FN5O3S. The number of primary amides is 1. The monoisotopic (exact) mass is 481 g/mol. The Labute approximate surface area is 199 Å². The van der Waals surface area contributed by atoms with Crippen molar-refractivity contribution in [3.8, 4) is 0 Å². The topological polar surface area (TPSA) is 131 Å². The first-order chi connectivity index (χ1) is 16.3. The van der Waals surface area contributed by atoms with Crippen molar-refractivity contribution in [3.05, 3.63) is 75.5 Å². The molecule has 1 heterocycles. The molecule has 5 N–H and O–H groups in total. The van der Waals surface area contributed by atoms with Crippen LogP contribution in [0, 0.1) is 5.82 Å². The molecule has 0 atom stereocenters. The molecule has 0 saturated heterocycles. The predicted molar refractivity (Wildman–Crippen MR) is 128 cm³/mol. The quantitative estimate of drug-likeness (QED) is 0.478. The lowest BCUT2D eigenvalue weighted by Gasteiger charge is -2.28. The molecule has 0 radical (unpaired) electrons. The van der Waals surface area contributed by atoms with Crippen LogP contribution >= 0.6 is 11.5 Å². The maximum Gasteiger partial charge on any atom is 0.272 e. The van der Waals surface area contributed by atoms with Crippen LogP contribution in [0.25, 0.3) is 0 Å². The van der Waals surface area contributed by atoms with Crippen LogP contribution in [0.1, 0.15) is 49.7 Å². The third-order valence-electron chi connectivity index (χ3n) is 5.77. The first kappa shape index (κ1) is 23.4. The number of nitrogens with zero attached hydrogens (tertiary/aromatic N) is 2. The van der Waals surface area contributed by atoms with Gasteiger partial charge >= 0.3 is 0 Å². The molecule has 0 unspecified atom stereocenters. The molecule has 3 amide bonds. The summed E-state index contributed by atoms with van der Waals surface area (Å²) in [6.07, 6.45) is 3.73. The normalized spacial score (nSPS) is 12.6. The van der Waals surface area contributed by atoms with Crippen LogP contribution in [0.15, 0.2) is 42.5 Å². The summed E-state index contributed by atoms with van der Waals surface area (Å²) in [6, 6.07) is 11.5. The number of nitrogens with two attached hydrogens (primary N) is 2. The third kappa shape index (κ3) is 4.91. The molecule has 34 heavy (non-hydrogen) atoms. The van der Waals surface area contributed by atoms with Gasteiger partial charge in [0.25, 0.3) is 11.8 Å². The molecule has 4 rings (SSSR count). The minimum Gasteiger partial charge on any atom is -0.395 e. The van der Waals surface area contributed by atoms with Crippen LogP contribution in [0.5, 0.6) is 0 Å². The Kier molecular flexibility index (Phi) is 6.87. The number of nitrogens with one attached hydrogen (secondary N) is 1. The Morgan fingerprint density at radius 2 is 1.82 bits per heavy atom. The molecule has 1 aliphatic rings. The van der Waals surface area contributed by atoms with E-state index in [2.05, 4.69) is 9.69 Å². The molecule has 0 spiro atoms. The average Bonchev–Trinajstić information content (AvgIpc) is 3.23. The second-order valence-electron chi connectivity index (χ2n) is 8.05. The fourth-order valence-electron chi connectivity index (χ4n) is 4.03. The fourth-order valence-corrected chi connectivity index (χ4v) is 4.79. The van der Waals surface area contributed by atoms with Gasteiger partial charge in [0.2, 0.25) is 5.91 Å². The molecule has 0 saturated carbocycles. The van der Waals surface area contributed by atoms with Crippen molar-refractivity contribution in [3.63, 3.8) is 0 Å². The lowest BCUT2D eigenvalue weighted by Crippen LogP contribution is -2.41. The number of amides is 3. The lowest BCUT2D eigenvalue weighted by atomic mass is 9.90. The Bertz CT molecular complexity index is 1240. The van der Waals surface area contributed by atoms with E-state index < -0.39 is 17.7 Å². The summed E-state index contributed by atoms with van der Waals surface area (Å²) in [5.74, 6) is -2.12. The van der Waals surface area contributed by atoms with Gasteiger partial charge in [0.15, 0.2) is 5.69 Å². The van der Waals surface area contributed by atoms with Gasteiger partial charge in [-0.25, -0.2) is 4.39 Å². The van der Waals surface area contributed by atoms with Crippen molar-refractivity contribution in [2.45, 2.75) is 32.2 Å². The highest BCUT2D eigenvalue weighted by Gasteiger charge is 2.29. The number of anilines is 2. The molecule has 10 heteroatoms. The number of carbonyl (C=O) groups excluding carboxylic acids is 3.